The number of anilines is 1. The average Bonchev–Trinajstić information content (AvgIpc) is 3.20. The lowest BCUT2D eigenvalue weighted by atomic mass is 9.89. The summed E-state index contributed by atoms with van der Waals surface area (Å²) >= 11 is 0. The molecule has 1 aromatic carbocycles. The van der Waals surface area contributed by atoms with Gasteiger partial charge in [-0.1, -0.05) is 30.3 Å². The van der Waals surface area contributed by atoms with Crippen LogP contribution in [0.3, 0.4) is 0 Å². The summed E-state index contributed by atoms with van der Waals surface area (Å²) < 4.78 is 3.73. The average molecular weight is 367 g/mol. The molecular weight excluding hydrogens is 346 g/mol. The lowest BCUT2D eigenvalue weighted by molar-refractivity contribution is -0.123. The summed E-state index contributed by atoms with van der Waals surface area (Å²) in [6.45, 7) is 2.49. The zero-order chi connectivity index (χ0) is 19.4. The number of hydrogen-bond donors (Lipinski definition) is 2. The minimum Gasteiger partial charge on any atom is -0.483 e. The smallest absolute Gasteiger partial charge is 0.290 e. The molecule has 2 N–H and O–H groups in total. The highest BCUT2D eigenvalue weighted by Gasteiger charge is 2.33. The number of nitrogens with zero attached hydrogens (tertiary/aromatic N) is 4. The molecule has 1 aliphatic rings. The van der Waals surface area contributed by atoms with Gasteiger partial charge in [0.1, 0.15) is 0 Å². The SMILES string of the molecule is Cc1c2c(nn1Cc1ccccc1)NC(=O)CC2c1ccn(C)n1.O=CO. The molecule has 8 heteroatoms. The first-order valence-corrected chi connectivity index (χ1v) is 8.52. The van der Waals surface area contributed by atoms with Gasteiger partial charge >= 0.3 is 0 Å². The minimum absolute atomic E-state index is 0.0116. The van der Waals surface area contributed by atoms with E-state index in [4.69, 9.17) is 9.90 Å². The number of rotatable bonds is 3. The maximum atomic E-state index is 12.1. The van der Waals surface area contributed by atoms with Crippen LogP contribution >= 0.6 is 0 Å². The van der Waals surface area contributed by atoms with Gasteiger partial charge in [-0.15, -0.1) is 0 Å². The van der Waals surface area contributed by atoms with Crippen LogP contribution in [0.25, 0.3) is 0 Å². The molecular formula is C19H21N5O3. The molecule has 27 heavy (non-hydrogen) atoms. The molecule has 2 aromatic heterocycles. The molecule has 1 unspecified atom stereocenters. The van der Waals surface area contributed by atoms with Crippen molar-refractivity contribution in [1.29, 1.82) is 0 Å². The molecule has 140 valence electrons. The van der Waals surface area contributed by atoms with Crippen molar-refractivity contribution in [3.8, 4) is 0 Å². The number of carbonyl (C=O) groups is 2. The van der Waals surface area contributed by atoms with Gasteiger partial charge in [0.05, 0.1) is 12.2 Å². The zero-order valence-electron chi connectivity index (χ0n) is 15.2. The molecule has 1 aliphatic heterocycles. The van der Waals surface area contributed by atoms with Crippen molar-refractivity contribution in [3.63, 3.8) is 0 Å². The molecule has 3 aromatic rings. The number of benzene rings is 1. The Labute approximate surface area is 156 Å². The van der Waals surface area contributed by atoms with Gasteiger partial charge in [0.2, 0.25) is 5.91 Å². The second-order valence-electron chi connectivity index (χ2n) is 6.32. The van der Waals surface area contributed by atoms with Crippen LogP contribution in [0, 0.1) is 6.92 Å². The fourth-order valence-corrected chi connectivity index (χ4v) is 3.32. The Kier molecular flexibility index (Phi) is 5.35. The van der Waals surface area contributed by atoms with Crippen LogP contribution in [0.15, 0.2) is 42.6 Å². The van der Waals surface area contributed by atoms with E-state index < -0.39 is 0 Å². The Morgan fingerprint density at radius 1 is 1.26 bits per heavy atom. The van der Waals surface area contributed by atoms with Crippen molar-refractivity contribution in [2.24, 2.45) is 7.05 Å². The highest BCUT2D eigenvalue weighted by molar-refractivity contribution is 5.94. The Hall–Kier alpha value is -3.42. The van der Waals surface area contributed by atoms with E-state index in [0.717, 1.165) is 17.0 Å². The van der Waals surface area contributed by atoms with Crippen LogP contribution in [-0.2, 0) is 23.2 Å². The summed E-state index contributed by atoms with van der Waals surface area (Å²) in [5.74, 6) is 0.609. The highest BCUT2D eigenvalue weighted by atomic mass is 16.3. The van der Waals surface area contributed by atoms with Gasteiger partial charge in [0, 0.05) is 36.8 Å². The van der Waals surface area contributed by atoms with Crippen molar-refractivity contribution in [3.05, 3.63) is 65.1 Å². The van der Waals surface area contributed by atoms with E-state index in [1.54, 1.807) is 4.68 Å². The van der Waals surface area contributed by atoms with Gasteiger partial charge in [-0.2, -0.15) is 10.2 Å². The molecule has 0 bridgehead atoms. The summed E-state index contributed by atoms with van der Waals surface area (Å²) in [6, 6.07) is 12.2. The molecule has 4 rings (SSSR count). The van der Waals surface area contributed by atoms with E-state index in [1.165, 1.54) is 5.56 Å². The molecule has 0 aliphatic carbocycles. The normalized spacial score (nSPS) is 15.3. The van der Waals surface area contributed by atoms with Crippen LogP contribution in [0.2, 0.25) is 0 Å². The fourth-order valence-electron chi connectivity index (χ4n) is 3.32. The van der Waals surface area contributed by atoms with Crippen LogP contribution in [-0.4, -0.2) is 37.0 Å². The summed E-state index contributed by atoms with van der Waals surface area (Å²) in [6.07, 6.45) is 2.31. The first-order chi connectivity index (χ1) is 13.0. The predicted octanol–water partition coefficient (Wildman–Crippen LogP) is 2.15. The van der Waals surface area contributed by atoms with Gasteiger partial charge in [-0.25, -0.2) is 0 Å². The number of aryl methyl sites for hydroxylation is 1. The van der Waals surface area contributed by atoms with Crippen LogP contribution in [0.1, 0.15) is 34.9 Å². The second kappa shape index (κ2) is 7.86. The third-order valence-corrected chi connectivity index (χ3v) is 4.52. The molecule has 0 radical (unpaired) electrons. The monoisotopic (exact) mass is 367 g/mol. The molecule has 0 saturated carbocycles. The summed E-state index contributed by atoms with van der Waals surface area (Å²) in [7, 11) is 1.89. The number of amides is 1. The van der Waals surface area contributed by atoms with Gasteiger partial charge in [-0.05, 0) is 18.6 Å². The van der Waals surface area contributed by atoms with E-state index in [2.05, 4.69) is 34.6 Å². The predicted molar refractivity (Wildman–Crippen MR) is 99.5 cm³/mol. The van der Waals surface area contributed by atoms with Crippen LogP contribution in [0.5, 0.6) is 0 Å². The number of carboxylic acid groups (broad SMARTS) is 1. The maximum absolute atomic E-state index is 12.1. The zero-order valence-corrected chi connectivity index (χ0v) is 15.2. The van der Waals surface area contributed by atoms with Gasteiger partial charge < -0.3 is 10.4 Å². The maximum Gasteiger partial charge on any atom is 0.290 e. The van der Waals surface area contributed by atoms with E-state index in [1.807, 2.05) is 42.2 Å². The largest absolute Gasteiger partial charge is 0.483 e. The Bertz CT molecular complexity index is 946. The van der Waals surface area contributed by atoms with Crippen molar-refractivity contribution >= 4 is 18.2 Å². The Morgan fingerprint density at radius 3 is 2.59 bits per heavy atom. The van der Waals surface area contributed by atoms with Gasteiger partial charge in [0.25, 0.3) is 6.47 Å². The fraction of sp³-hybridized carbons (Fsp3) is 0.263. The number of nitrogens with one attached hydrogen (secondary N) is 1. The summed E-state index contributed by atoms with van der Waals surface area (Å²) in [5, 5.41) is 18.9. The first-order valence-electron chi connectivity index (χ1n) is 8.52. The Balaban J connectivity index is 0.000000659. The topological polar surface area (TPSA) is 102 Å². The highest BCUT2D eigenvalue weighted by Crippen LogP contribution is 2.38. The lowest BCUT2D eigenvalue weighted by Crippen LogP contribution is -2.23. The van der Waals surface area contributed by atoms with E-state index in [-0.39, 0.29) is 18.3 Å². The van der Waals surface area contributed by atoms with Crippen molar-refractivity contribution in [2.45, 2.75) is 25.8 Å². The second-order valence-corrected chi connectivity index (χ2v) is 6.32. The van der Waals surface area contributed by atoms with Crippen molar-refractivity contribution < 1.29 is 14.7 Å². The summed E-state index contributed by atoms with van der Waals surface area (Å²) in [4.78, 5) is 20.5. The molecule has 0 saturated heterocycles. The Morgan fingerprint density at radius 2 is 1.96 bits per heavy atom. The molecule has 1 atom stereocenters. The first kappa shape index (κ1) is 18.4. The van der Waals surface area contributed by atoms with E-state index in [9.17, 15) is 4.79 Å². The molecule has 0 fully saturated rings. The minimum atomic E-state index is -0.250. The van der Waals surface area contributed by atoms with Gasteiger partial charge in [0.15, 0.2) is 5.82 Å². The number of fused-ring (bicyclic) bond motifs is 1. The lowest BCUT2D eigenvalue weighted by Gasteiger charge is -2.20. The van der Waals surface area contributed by atoms with E-state index in [0.29, 0.717) is 18.8 Å². The van der Waals surface area contributed by atoms with Crippen LogP contribution in [0.4, 0.5) is 5.82 Å². The standard InChI is InChI=1S/C18H19N5O.CH2O2/c1-12-17-14(15-8-9-22(2)20-15)10-16(24)19-18(17)21-23(12)11-13-6-4-3-5-7-13;2-1-3/h3-9,14H,10-11H2,1-2H3,(H,19,21,24);1H,(H,2,3). The number of hydrogen-bond acceptors (Lipinski definition) is 4. The van der Waals surface area contributed by atoms with Gasteiger partial charge in [-0.3, -0.25) is 19.0 Å². The van der Waals surface area contributed by atoms with Crippen LogP contribution < -0.4 is 5.32 Å². The summed E-state index contributed by atoms with van der Waals surface area (Å²) in [5.41, 5.74) is 4.24. The molecule has 8 nitrogen and oxygen atoms in total. The number of carbonyl (C=O) groups excluding carboxylic acids is 1. The molecule has 1 amide bonds. The van der Waals surface area contributed by atoms with Crippen molar-refractivity contribution in [1.82, 2.24) is 19.6 Å². The third kappa shape index (κ3) is 3.89. The third-order valence-electron chi connectivity index (χ3n) is 4.52. The molecule has 0 spiro atoms. The van der Waals surface area contributed by atoms with E-state index >= 15 is 0 Å². The quantitative estimate of drug-likeness (QED) is 0.691. The van der Waals surface area contributed by atoms with Crippen molar-refractivity contribution in [2.75, 3.05) is 5.32 Å². The molecule has 3 heterocycles. The number of aromatic nitrogens is 4.